The smallest absolute Gasteiger partial charge is 0.186 e. The molecule has 0 N–H and O–H groups in total. The number of aryl methyl sites for hydroxylation is 1. The maximum atomic E-state index is 11.9. The number of rotatable bonds is 4. The van der Waals surface area contributed by atoms with Crippen LogP contribution in [0.15, 0.2) is 17.5 Å². The first-order valence-electron chi connectivity index (χ1n) is 6.58. The summed E-state index contributed by atoms with van der Waals surface area (Å²) in [6.45, 7) is 3.93. The second-order valence-electron chi connectivity index (χ2n) is 4.64. The molecule has 0 atom stereocenters. The lowest BCUT2D eigenvalue weighted by molar-refractivity contribution is 0.0976. The molecule has 5 heteroatoms. The molecule has 0 unspecified atom stereocenters. The Morgan fingerprint density at radius 1 is 1.42 bits per heavy atom. The van der Waals surface area contributed by atoms with Gasteiger partial charge in [-0.1, -0.05) is 17.4 Å². The van der Waals surface area contributed by atoms with Gasteiger partial charge in [-0.15, -0.1) is 11.3 Å². The third kappa shape index (κ3) is 2.58. The van der Waals surface area contributed by atoms with Crippen LogP contribution in [0.3, 0.4) is 0 Å². The van der Waals surface area contributed by atoms with Crippen molar-refractivity contribution < 1.29 is 4.79 Å². The van der Waals surface area contributed by atoms with Crippen LogP contribution in [0.4, 0.5) is 5.13 Å². The highest BCUT2D eigenvalue weighted by Gasteiger charge is 2.23. The van der Waals surface area contributed by atoms with Gasteiger partial charge < -0.3 is 4.90 Å². The first-order chi connectivity index (χ1) is 9.28. The highest BCUT2D eigenvalue weighted by atomic mass is 32.1. The predicted octanol–water partition coefficient (Wildman–Crippen LogP) is 3.75. The van der Waals surface area contributed by atoms with Crippen LogP contribution in [0.5, 0.6) is 0 Å². The van der Waals surface area contributed by atoms with E-state index < -0.39 is 0 Å². The number of thiazole rings is 1. The Morgan fingerprint density at radius 3 is 3.00 bits per heavy atom. The standard InChI is InChI=1S/C14H16N2OS2/c1-2-16(9-10-5-4-8-18-10)14-15-11-6-3-7-12(17)13(11)19-14/h4-5,8H,2-3,6-7,9H2,1H3. The number of fused-ring (bicyclic) bond motifs is 1. The molecule has 0 radical (unpaired) electrons. The van der Waals surface area contributed by atoms with E-state index in [4.69, 9.17) is 0 Å². The van der Waals surface area contributed by atoms with Gasteiger partial charge in [-0.25, -0.2) is 4.98 Å². The van der Waals surface area contributed by atoms with E-state index in [-0.39, 0.29) is 5.78 Å². The number of Topliss-reactive ketones (excluding diaryl/α,β-unsaturated/α-hetero) is 1. The Bertz CT molecular complexity index is 574. The number of carbonyl (C=O) groups is 1. The summed E-state index contributed by atoms with van der Waals surface area (Å²) < 4.78 is 0. The first kappa shape index (κ1) is 12.8. The molecule has 0 aromatic carbocycles. The second kappa shape index (κ2) is 5.43. The Morgan fingerprint density at radius 2 is 2.32 bits per heavy atom. The molecule has 3 rings (SSSR count). The average molecular weight is 292 g/mol. The zero-order valence-electron chi connectivity index (χ0n) is 10.9. The minimum absolute atomic E-state index is 0.275. The molecule has 0 saturated heterocycles. The number of carbonyl (C=O) groups excluding carboxylic acids is 1. The molecule has 2 aromatic heterocycles. The van der Waals surface area contributed by atoms with Crippen LogP contribution in [0, 0.1) is 0 Å². The van der Waals surface area contributed by atoms with Crippen LogP contribution in [0.1, 0.15) is 40.0 Å². The van der Waals surface area contributed by atoms with Crippen molar-refractivity contribution in [2.24, 2.45) is 0 Å². The van der Waals surface area contributed by atoms with E-state index in [1.165, 1.54) is 4.88 Å². The van der Waals surface area contributed by atoms with E-state index in [9.17, 15) is 4.79 Å². The van der Waals surface area contributed by atoms with Gasteiger partial charge in [0, 0.05) is 17.8 Å². The van der Waals surface area contributed by atoms with Crippen molar-refractivity contribution in [3.8, 4) is 0 Å². The molecule has 0 spiro atoms. The van der Waals surface area contributed by atoms with Gasteiger partial charge in [0.15, 0.2) is 10.9 Å². The van der Waals surface area contributed by atoms with Crippen molar-refractivity contribution >= 4 is 33.6 Å². The maximum Gasteiger partial charge on any atom is 0.186 e. The molecular weight excluding hydrogens is 276 g/mol. The fourth-order valence-corrected chi connectivity index (χ4v) is 4.16. The van der Waals surface area contributed by atoms with Crippen molar-refractivity contribution in [3.05, 3.63) is 33.0 Å². The fourth-order valence-electron chi connectivity index (χ4n) is 2.30. The van der Waals surface area contributed by atoms with Gasteiger partial charge in [0.1, 0.15) is 0 Å². The number of hydrogen-bond donors (Lipinski definition) is 0. The highest BCUT2D eigenvalue weighted by Crippen LogP contribution is 2.32. The van der Waals surface area contributed by atoms with Gasteiger partial charge in [-0.2, -0.15) is 0 Å². The zero-order valence-corrected chi connectivity index (χ0v) is 12.5. The van der Waals surface area contributed by atoms with Crippen LogP contribution in [0.25, 0.3) is 0 Å². The van der Waals surface area contributed by atoms with E-state index in [1.54, 1.807) is 22.7 Å². The molecule has 0 aliphatic heterocycles. The Hall–Kier alpha value is -1.20. The molecular formula is C14H16N2OS2. The molecule has 100 valence electrons. The number of thiophene rings is 1. The minimum Gasteiger partial charge on any atom is -0.343 e. The number of hydrogen-bond acceptors (Lipinski definition) is 5. The number of anilines is 1. The van der Waals surface area contributed by atoms with E-state index >= 15 is 0 Å². The Balaban J connectivity index is 1.85. The molecule has 1 aliphatic carbocycles. The van der Waals surface area contributed by atoms with Gasteiger partial charge in [0.25, 0.3) is 0 Å². The summed E-state index contributed by atoms with van der Waals surface area (Å²) in [5.74, 6) is 0.275. The first-order valence-corrected chi connectivity index (χ1v) is 8.27. The van der Waals surface area contributed by atoms with E-state index in [2.05, 4.69) is 34.3 Å². The predicted molar refractivity (Wildman–Crippen MR) is 80.4 cm³/mol. The summed E-state index contributed by atoms with van der Waals surface area (Å²) >= 11 is 3.33. The third-order valence-electron chi connectivity index (χ3n) is 3.34. The summed E-state index contributed by atoms with van der Waals surface area (Å²) in [5, 5.41) is 3.09. The molecule has 2 heterocycles. The molecule has 2 aromatic rings. The van der Waals surface area contributed by atoms with Crippen molar-refractivity contribution in [1.82, 2.24) is 4.98 Å². The third-order valence-corrected chi connectivity index (χ3v) is 5.40. The van der Waals surface area contributed by atoms with E-state index in [1.807, 2.05) is 0 Å². The van der Waals surface area contributed by atoms with Gasteiger partial charge in [-0.3, -0.25) is 4.79 Å². The molecule has 1 aliphatic rings. The maximum absolute atomic E-state index is 11.9. The topological polar surface area (TPSA) is 33.2 Å². The van der Waals surface area contributed by atoms with Crippen LogP contribution < -0.4 is 4.90 Å². The molecule has 0 fully saturated rings. The summed E-state index contributed by atoms with van der Waals surface area (Å²) in [5.41, 5.74) is 1.01. The van der Waals surface area contributed by atoms with E-state index in [0.717, 1.165) is 41.6 Å². The summed E-state index contributed by atoms with van der Waals surface area (Å²) in [4.78, 5) is 21.0. The van der Waals surface area contributed by atoms with Crippen molar-refractivity contribution in [2.75, 3.05) is 11.4 Å². The molecule has 3 nitrogen and oxygen atoms in total. The van der Waals surface area contributed by atoms with Crippen molar-refractivity contribution in [1.29, 1.82) is 0 Å². The van der Waals surface area contributed by atoms with Gasteiger partial charge in [0.2, 0.25) is 0 Å². The highest BCUT2D eigenvalue weighted by molar-refractivity contribution is 7.17. The van der Waals surface area contributed by atoms with E-state index in [0.29, 0.717) is 6.42 Å². The quantitative estimate of drug-likeness (QED) is 0.860. The monoisotopic (exact) mass is 292 g/mol. The molecule has 19 heavy (non-hydrogen) atoms. The average Bonchev–Trinajstić information content (AvgIpc) is 3.05. The van der Waals surface area contributed by atoms with Crippen LogP contribution in [-0.4, -0.2) is 17.3 Å². The summed E-state index contributed by atoms with van der Waals surface area (Å²) in [6.07, 6.45) is 2.59. The lowest BCUT2D eigenvalue weighted by Crippen LogP contribution is -2.21. The molecule has 0 amide bonds. The molecule has 0 bridgehead atoms. The largest absolute Gasteiger partial charge is 0.343 e. The lowest BCUT2D eigenvalue weighted by Gasteiger charge is -2.18. The zero-order chi connectivity index (χ0) is 13.2. The molecule has 0 saturated carbocycles. The van der Waals surface area contributed by atoms with Gasteiger partial charge in [-0.05, 0) is 31.2 Å². The number of aromatic nitrogens is 1. The minimum atomic E-state index is 0.275. The summed E-state index contributed by atoms with van der Waals surface area (Å²) in [7, 11) is 0. The Kier molecular flexibility index (Phi) is 3.66. The fraction of sp³-hybridized carbons (Fsp3) is 0.429. The van der Waals surface area contributed by atoms with Crippen LogP contribution in [-0.2, 0) is 13.0 Å². The number of ketones is 1. The van der Waals surface area contributed by atoms with Gasteiger partial charge >= 0.3 is 0 Å². The summed E-state index contributed by atoms with van der Waals surface area (Å²) in [6, 6.07) is 4.22. The Labute approximate surface area is 120 Å². The number of nitrogens with zero attached hydrogens (tertiary/aromatic N) is 2. The SMILES string of the molecule is CCN(Cc1cccs1)c1nc2c(s1)C(=O)CCC2. The normalized spacial score (nSPS) is 14.5. The van der Waals surface area contributed by atoms with Crippen molar-refractivity contribution in [3.63, 3.8) is 0 Å². The van der Waals surface area contributed by atoms with Crippen LogP contribution in [0.2, 0.25) is 0 Å². The van der Waals surface area contributed by atoms with Crippen molar-refractivity contribution in [2.45, 2.75) is 32.7 Å². The van der Waals surface area contributed by atoms with Gasteiger partial charge in [0.05, 0.1) is 17.1 Å². The van der Waals surface area contributed by atoms with Crippen LogP contribution >= 0.6 is 22.7 Å². The second-order valence-corrected chi connectivity index (χ2v) is 6.65. The lowest BCUT2D eigenvalue weighted by atomic mass is 10.0.